The van der Waals surface area contributed by atoms with Gasteiger partial charge in [0.2, 0.25) is 0 Å². The van der Waals surface area contributed by atoms with Gasteiger partial charge in [-0.15, -0.1) is 0 Å². The van der Waals surface area contributed by atoms with Crippen molar-refractivity contribution in [2.24, 2.45) is 0 Å². The number of amides is 1. The monoisotopic (exact) mass is 362 g/mol. The van der Waals surface area contributed by atoms with Gasteiger partial charge in [-0.2, -0.15) is 0 Å². The fraction of sp³-hybridized carbons (Fsp3) is 0. The number of nitrogens with one attached hydrogen (secondary N) is 1. The van der Waals surface area contributed by atoms with Gasteiger partial charge in [0.1, 0.15) is 16.7 Å². The highest BCUT2D eigenvalue weighted by molar-refractivity contribution is 9.10. The fourth-order valence-corrected chi connectivity index (χ4v) is 2.14. The Kier molecular flexibility index (Phi) is 4.39. The Morgan fingerprint density at radius 1 is 1.26 bits per heavy atom. The Bertz CT molecular complexity index is 652. The molecule has 7 heteroatoms. The van der Waals surface area contributed by atoms with Crippen LogP contribution in [0, 0.1) is 5.82 Å². The SMILES string of the molecule is O=C(Nc1ccc(F)cc1Br)c1nc(Cl)ccc1Cl. The van der Waals surface area contributed by atoms with E-state index in [2.05, 4.69) is 26.2 Å². The van der Waals surface area contributed by atoms with Crippen molar-refractivity contribution in [1.82, 2.24) is 4.98 Å². The van der Waals surface area contributed by atoms with Gasteiger partial charge >= 0.3 is 0 Å². The summed E-state index contributed by atoms with van der Waals surface area (Å²) in [6, 6.07) is 6.85. The molecule has 1 heterocycles. The first-order chi connectivity index (χ1) is 8.97. The van der Waals surface area contributed by atoms with Gasteiger partial charge in [0.25, 0.3) is 5.91 Å². The van der Waals surface area contributed by atoms with Crippen molar-refractivity contribution in [2.45, 2.75) is 0 Å². The number of hydrogen-bond acceptors (Lipinski definition) is 2. The molecule has 1 amide bonds. The van der Waals surface area contributed by atoms with Crippen LogP contribution < -0.4 is 5.32 Å². The third-order valence-electron chi connectivity index (χ3n) is 2.21. The molecule has 2 aromatic rings. The van der Waals surface area contributed by atoms with E-state index in [4.69, 9.17) is 23.2 Å². The van der Waals surface area contributed by atoms with Crippen LogP contribution in [-0.2, 0) is 0 Å². The summed E-state index contributed by atoms with van der Waals surface area (Å²) in [4.78, 5) is 15.8. The second kappa shape index (κ2) is 5.86. The Morgan fingerprint density at radius 2 is 2.00 bits per heavy atom. The molecule has 0 spiro atoms. The highest BCUT2D eigenvalue weighted by Crippen LogP contribution is 2.24. The topological polar surface area (TPSA) is 42.0 Å². The van der Waals surface area contributed by atoms with E-state index >= 15 is 0 Å². The van der Waals surface area contributed by atoms with Crippen molar-refractivity contribution >= 4 is 50.7 Å². The van der Waals surface area contributed by atoms with Gasteiger partial charge in [-0.05, 0) is 46.3 Å². The van der Waals surface area contributed by atoms with Crippen LogP contribution in [0.2, 0.25) is 10.2 Å². The summed E-state index contributed by atoms with van der Waals surface area (Å²) in [6.45, 7) is 0. The first kappa shape index (κ1) is 14.2. The van der Waals surface area contributed by atoms with E-state index in [9.17, 15) is 9.18 Å². The lowest BCUT2D eigenvalue weighted by Crippen LogP contribution is -2.14. The van der Waals surface area contributed by atoms with Crippen molar-refractivity contribution in [3.63, 3.8) is 0 Å². The summed E-state index contributed by atoms with van der Waals surface area (Å²) < 4.78 is 13.3. The summed E-state index contributed by atoms with van der Waals surface area (Å²) in [6.07, 6.45) is 0. The first-order valence-electron chi connectivity index (χ1n) is 5.06. The molecule has 0 radical (unpaired) electrons. The maximum absolute atomic E-state index is 12.9. The number of rotatable bonds is 2. The molecule has 2 rings (SSSR count). The van der Waals surface area contributed by atoms with E-state index in [1.807, 2.05) is 0 Å². The maximum atomic E-state index is 12.9. The van der Waals surface area contributed by atoms with Gasteiger partial charge in [0.05, 0.1) is 10.7 Å². The van der Waals surface area contributed by atoms with Gasteiger partial charge < -0.3 is 5.32 Å². The van der Waals surface area contributed by atoms with Crippen molar-refractivity contribution < 1.29 is 9.18 Å². The molecule has 0 fully saturated rings. The zero-order valence-electron chi connectivity index (χ0n) is 9.25. The third kappa shape index (κ3) is 3.43. The second-order valence-corrected chi connectivity index (χ2v) is 5.19. The van der Waals surface area contributed by atoms with E-state index in [1.54, 1.807) is 0 Å². The van der Waals surface area contributed by atoms with E-state index in [-0.39, 0.29) is 15.9 Å². The lowest BCUT2D eigenvalue weighted by molar-refractivity contribution is 0.102. The number of benzene rings is 1. The standard InChI is InChI=1S/C12H6BrCl2FN2O/c13-7-5-6(16)1-3-9(7)17-12(19)11-8(14)2-4-10(15)18-11/h1-5H,(H,17,19). The lowest BCUT2D eigenvalue weighted by atomic mass is 10.3. The van der Waals surface area contributed by atoms with Crippen LogP contribution >= 0.6 is 39.1 Å². The zero-order valence-corrected chi connectivity index (χ0v) is 12.4. The van der Waals surface area contributed by atoms with Crippen LogP contribution in [0.1, 0.15) is 10.5 Å². The quantitative estimate of drug-likeness (QED) is 0.795. The molecule has 0 saturated heterocycles. The molecular weight excluding hydrogens is 358 g/mol. The van der Waals surface area contributed by atoms with Gasteiger partial charge in [0.15, 0.2) is 0 Å². The van der Waals surface area contributed by atoms with E-state index in [1.165, 1.54) is 30.3 Å². The van der Waals surface area contributed by atoms with Gasteiger partial charge in [0, 0.05) is 4.47 Å². The van der Waals surface area contributed by atoms with Crippen molar-refractivity contribution in [1.29, 1.82) is 0 Å². The normalized spacial score (nSPS) is 10.3. The molecule has 98 valence electrons. The Balaban J connectivity index is 2.28. The second-order valence-electron chi connectivity index (χ2n) is 3.54. The minimum absolute atomic E-state index is 0.00499. The summed E-state index contributed by atoms with van der Waals surface area (Å²) in [5, 5.41) is 2.90. The highest BCUT2D eigenvalue weighted by atomic mass is 79.9. The summed E-state index contributed by atoms with van der Waals surface area (Å²) in [7, 11) is 0. The lowest BCUT2D eigenvalue weighted by Gasteiger charge is -2.08. The maximum Gasteiger partial charge on any atom is 0.275 e. The number of halogens is 4. The molecule has 0 unspecified atom stereocenters. The van der Waals surface area contributed by atoms with E-state index in [0.717, 1.165) is 0 Å². The Labute approximate surface area is 126 Å². The van der Waals surface area contributed by atoms with Gasteiger partial charge in [-0.1, -0.05) is 23.2 Å². The van der Waals surface area contributed by atoms with Crippen LogP contribution in [0.15, 0.2) is 34.8 Å². The van der Waals surface area contributed by atoms with Crippen LogP contribution in [0.3, 0.4) is 0 Å². The van der Waals surface area contributed by atoms with Crippen LogP contribution in [0.25, 0.3) is 0 Å². The molecule has 1 aromatic carbocycles. The number of carbonyl (C=O) groups excluding carboxylic acids is 1. The van der Waals surface area contributed by atoms with E-state index < -0.39 is 11.7 Å². The predicted octanol–water partition coefficient (Wildman–Crippen LogP) is 4.54. The molecule has 1 aromatic heterocycles. The summed E-state index contributed by atoms with van der Waals surface area (Å²) >= 11 is 14.7. The third-order valence-corrected chi connectivity index (χ3v) is 3.38. The molecule has 0 atom stereocenters. The number of nitrogens with zero attached hydrogens (tertiary/aromatic N) is 1. The molecule has 1 N–H and O–H groups in total. The van der Waals surface area contributed by atoms with Gasteiger partial charge in [-0.3, -0.25) is 4.79 Å². The average molecular weight is 364 g/mol. The Morgan fingerprint density at radius 3 is 2.68 bits per heavy atom. The van der Waals surface area contributed by atoms with Crippen LogP contribution in [0.5, 0.6) is 0 Å². The van der Waals surface area contributed by atoms with E-state index in [0.29, 0.717) is 10.2 Å². The molecular formula is C12H6BrCl2FN2O. The number of anilines is 1. The molecule has 0 aliphatic carbocycles. The largest absolute Gasteiger partial charge is 0.320 e. The highest BCUT2D eigenvalue weighted by Gasteiger charge is 2.14. The number of hydrogen-bond donors (Lipinski definition) is 1. The van der Waals surface area contributed by atoms with Crippen LogP contribution in [0.4, 0.5) is 10.1 Å². The molecule has 0 saturated carbocycles. The minimum atomic E-state index is -0.528. The summed E-state index contributed by atoms with van der Waals surface area (Å²) in [5.41, 5.74) is 0.412. The summed E-state index contributed by atoms with van der Waals surface area (Å²) in [5.74, 6) is -0.941. The number of aromatic nitrogens is 1. The van der Waals surface area contributed by atoms with Crippen LogP contribution in [-0.4, -0.2) is 10.9 Å². The molecule has 0 aliphatic heterocycles. The minimum Gasteiger partial charge on any atom is -0.320 e. The van der Waals surface area contributed by atoms with Crippen molar-refractivity contribution in [2.75, 3.05) is 5.32 Å². The molecule has 3 nitrogen and oxygen atoms in total. The van der Waals surface area contributed by atoms with Crippen molar-refractivity contribution in [3.05, 3.63) is 56.5 Å². The number of pyridine rings is 1. The average Bonchev–Trinajstić information content (AvgIpc) is 2.35. The molecule has 0 bridgehead atoms. The van der Waals surface area contributed by atoms with Crippen molar-refractivity contribution in [3.8, 4) is 0 Å². The predicted molar refractivity (Wildman–Crippen MR) is 76.3 cm³/mol. The molecule has 0 aliphatic rings. The number of carbonyl (C=O) groups is 1. The smallest absolute Gasteiger partial charge is 0.275 e. The first-order valence-corrected chi connectivity index (χ1v) is 6.60. The zero-order chi connectivity index (χ0) is 14.0. The Hall–Kier alpha value is -1.17. The van der Waals surface area contributed by atoms with Gasteiger partial charge in [-0.25, -0.2) is 9.37 Å². The molecule has 19 heavy (non-hydrogen) atoms. The fourth-order valence-electron chi connectivity index (χ4n) is 1.35.